The third-order valence-electron chi connectivity index (χ3n) is 3.60. The highest BCUT2D eigenvalue weighted by atomic mass is 16.5. The van der Waals surface area contributed by atoms with Gasteiger partial charge >= 0.3 is 0 Å². The van der Waals surface area contributed by atoms with Crippen LogP contribution in [-0.2, 0) is 0 Å². The molecule has 0 saturated heterocycles. The summed E-state index contributed by atoms with van der Waals surface area (Å²) in [5.41, 5.74) is 3.00. The normalized spacial score (nSPS) is 16.8. The van der Waals surface area contributed by atoms with E-state index < -0.39 is 0 Å². The largest absolute Gasteiger partial charge is 0.360 e. The molecular formula is C14H17N3O. The standard InChI is InChI=1S/C14H17N3O/c1-3-9(2)13-12(11-5-4-8-15-16-11)14(18-17-13)10-6-7-10/h4-5,8-10H,3,6-7H2,1-2H3. The molecule has 1 atom stereocenters. The molecule has 2 aromatic rings. The summed E-state index contributed by atoms with van der Waals surface area (Å²) in [6, 6.07) is 3.89. The van der Waals surface area contributed by atoms with Gasteiger partial charge in [0.2, 0.25) is 0 Å². The van der Waals surface area contributed by atoms with Gasteiger partial charge in [-0.25, -0.2) is 0 Å². The molecule has 18 heavy (non-hydrogen) atoms. The lowest BCUT2D eigenvalue weighted by atomic mass is 9.97. The Balaban J connectivity index is 2.11. The Labute approximate surface area is 106 Å². The van der Waals surface area contributed by atoms with Crippen molar-refractivity contribution in [2.24, 2.45) is 0 Å². The second-order valence-electron chi connectivity index (χ2n) is 5.00. The van der Waals surface area contributed by atoms with Gasteiger partial charge in [-0.15, -0.1) is 0 Å². The van der Waals surface area contributed by atoms with Crippen molar-refractivity contribution in [1.82, 2.24) is 15.4 Å². The highest BCUT2D eigenvalue weighted by Crippen LogP contribution is 2.46. The summed E-state index contributed by atoms with van der Waals surface area (Å²) in [6.45, 7) is 4.34. The summed E-state index contributed by atoms with van der Waals surface area (Å²) >= 11 is 0. The van der Waals surface area contributed by atoms with Gasteiger partial charge in [-0.1, -0.05) is 19.0 Å². The van der Waals surface area contributed by atoms with Crippen LogP contribution >= 0.6 is 0 Å². The van der Waals surface area contributed by atoms with E-state index >= 15 is 0 Å². The molecule has 0 aliphatic heterocycles. The molecule has 0 radical (unpaired) electrons. The summed E-state index contributed by atoms with van der Waals surface area (Å²) in [4.78, 5) is 0. The van der Waals surface area contributed by atoms with Crippen LogP contribution in [0.15, 0.2) is 22.9 Å². The Kier molecular flexibility index (Phi) is 2.86. The molecule has 4 nitrogen and oxygen atoms in total. The minimum absolute atomic E-state index is 0.387. The van der Waals surface area contributed by atoms with Crippen molar-refractivity contribution >= 4 is 0 Å². The summed E-state index contributed by atoms with van der Waals surface area (Å²) in [7, 11) is 0. The highest BCUT2D eigenvalue weighted by Gasteiger charge is 2.34. The molecule has 0 spiro atoms. The fourth-order valence-electron chi connectivity index (χ4n) is 2.16. The summed E-state index contributed by atoms with van der Waals surface area (Å²) < 4.78 is 5.58. The predicted molar refractivity (Wildman–Crippen MR) is 68.2 cm³/mol. The lowest BCUT2D eigenvalue weighted by Gasteiger charge is -2.07. The molecule has 3 rings (SSSR count). The van der Waals surface area contributed by atoms with E-state index in [4.69, 9.17) is 4.52 Å². The smallest absolute Gasteiger partial charge is 0.149 e. The number of nitrogens with zero attached hydrogens (tertiary/aromatic N) is 3. The van der Waals surface area contributed by atoms with Gasteiger partial charge in [0.25, 0.3) is 0 Å². The van der Waals surface area contributed by atoms with Gasteiger partial charge in [0, 0.05) is 18.0 Å². The van der Waals surface area contributed by atoms with Crippen molar-refractivity contribution in [2.45, 2.75) is 44.9 Å². The van der Waals surface area contributed by atoms with E-state index in [0.29, 0.717) is 11.8 Å². The van der Waals surface area contributed by atoms with Crippen LogP contribution in [0.25, 0.3) is 11.3 Å². The molecule has 0 aromatic carbocycles. The van der Waals surface area contributed by atoms with E-state index in [2.05, 4.69) is 29.2 Å². The third-order valence-corrected chi connectivity index (χ3v) is 3.60. The van der Waals surface area contributed by atoms with E-state index in [1.54, 1.807) is 6.20 Å². The third kappa shape index (κ3) is 1.92. The average molecular weight is 243 g/mol. The minimum atomic E-state index is 0.387. The zero-order valence-electron chi connectivity index (χ0n) is 10.8. The van der Waals surface area contributed by atoms with Crippen LogP contribution in [0.5, 0.6) is 0 Å². The fourth-order valence-corrected chi connectivity index (χ4v) is 2.16. The van der Waals surface area contributed by atoms with Crippen LogP contribution in [0.3, 0.4) is 0 Å². The first-order chi connectivity index (χ1) is 8.81. The molecule has 0 amide bonds. The van der Waals surface area contributed by atoms with Crippen molar-refractivity contribution in [3.05, 3.63) is 29.8 Å². The van der Waals surface area contributed by atoms with Crippen LogP contribution in [-0.4, -0.2) is 15.4 Å². The lowest BCUT2D eigenvalue weighted by molar-refractivity contribution is 0.374. The number of rotatable bonds is 4. The molecule has 2 heterocycles. The maximum absolute atomic E-state index is 5.58. The van der Waals surface area contributed by atoms with E-state index in [9.17, 15) is 0 Å². The van der Waals surface area contributed by atoms with Crippen LogP contribution in [0, 0.1) is 0 Å². The first-order valence-electron chi connectivity index (χ1n) is 6.58. The molecule has 94 valence electrons. The highest BCUT2D eigenvalue weighted by molar-refractivity contribution is 5.65. The molecule has 1 fully saturated rings. The predicted octanol–water partition coefficient (Wildman–Crippen LogP) is 3.52. The van der Waals surface area contributed by atoms with Gasteiger partial charge in [-0.05, 0) is 31.4 Å². The van der Waals surface area contributed by atoms with Gasteiger partial charge in [0.15, 0.2) is 0 Å². The van der Waals surface area contributed by atoms with E-state index in [-0.39, 0.29) is 0 Å². The number of hydrogen-bond acceptors (Lipinski definition) is 4. The van der Waals surface area contributed by atoms with Gasteiger partial charge < -0.3 is 4.52 Å². The van der Waals surface area contributed by atoms with E-state index in [1.807, 2.05) is 12.1 Å². The number of hydrogen-bond donors (Lipinski definition) is 0. The maximum atomic E-state index is 5.58. The van der Waals surface area contributed by atoms with Gasteiger partial charge in [-0.3, -0.25) is 0 Å². The Morgan fingerprint density at radius 2 is 2.28 bits per heavy atom. The van der Waals surface area contributed by atoms with Gasteiger partial charge in [0.05, 0.1) is 17.0 Å². The van der Waals surface area contributed by atoms with Crippen LogP contribution in [0.4, 0.5) is 0 Å². The van der Waals surface area contributed by atoms with Crippen molar-refractivity contribution in [3.63, 3.8) is 0 Å². The topological polar surface area (TPSA) is 51.8 Å². The Bertz CT molecular complexity index is 531. The van der Waals surface area contributed by atoms with Crippen LogP contribution in [0.2, 0.25) is 0 Å². The van der Waals surface area contributed by atoms with Crippen molar-refractivity contribution in [2.75, 3.05) is 0 Å². The van der Waals surface area contributed by atoms with Gasteiger partial charge in [-0.2, -0.15) is 10.2 Å². The second kappa shape index (κ2) is 4.52. The Morgan fingerprint density at radius 1 is 1.44 bits per heavy atom. The molecular weight excluding hydrogens is 226 g/mol. The van der Waals surface area contributed by atoms with E-state index in [0.717, 1.165) is 29.1 Å². The second-order valence-corrected chi connectivity index (χ2v) is 5.00. The van der Waals surface area contributed by atoms with Crippen LogP contribution < -0.4 is 0 Å². The van der Waals surface area contributed by atoms with Crippen LogP contribution in [0.1, 0.15) is 56.4 Å². The minimum Gasteiger partial charge on any atom is -0.360 e. The molecule has 1 aliphatic rings. The zero-order valence-corrected chi connectivity index (χ0v) is 10.8. The first-order valence-corrected chi connectivity index (χ1v) is 6.58. The fraction of sp³-hybridized carbons (Fsp3) is 0.500. The summed E-state index contributed by atoms with van der Waals surface area (Å²) in [5.74, 6) is 1.93. The quantitative estimate of drug-likeness (QED) is 0.824. The maximum Gasteiger partial charge on any atom is 0.149 e. The van der Waals surface area contributed by atoms with Gasteiger partial charge in [0.1, 0.15) is 5.76 Å². The molecule has 1 saturated carbocycles. The lowest BCUT2D eigenvalue weighted by Crippen LogP contribution is -1.97. The van der Waals surface area contributed by atoms with Crippen molar-refractivity contribution in [3.8, 4) is 11.3 Å². The SMILES string of the molecule is CCC(C)c1noc(C2CC2)c1-c1cccnn1. The molecule has 0 bridgehead atoms. The van der Waals surface area contributed by atoms with Crippen molar-refractivity contribution < 1.29 is 4.52 Å². The molecule has 1 aliphatic carbocycles. The first kappa shape index (κ1) is 11.4. The number of aromatic nitrogens is 3. The molecule has 1 unspecified atom stereocenters. The van der Waals surface area contributed by atoms with E-state index in [1.165, 1.54) is 12.8 Å². The summed E-state index contributed by atoms with van der Waals surface area (Å²) in [5, 5.41) is 12.5. The van der Waals surface area contributed by atoms with Crippen molar-refractivity contribution in [1.29, 1.82) is 0 Å². The monoisotopic (exact) mass is 243 g/mol. The average Bonchev–Trinajstić information content (AvgIpc) is 3.17. The molecule has 4 heteroatoms. The molecule has 2 aromatic heterocycles. The zero-order chi connectivity index (χ0) is 12.5. The Morgan fingerprint density at radius 3 is 2.89 bits per heavy atom. The molecule has 0 N–H and O–H groups in total. The Hall–Kier alpha value is -1.71. The summed E-state index contributed by atoms with van der Waals surface area (Å²) in [6.07, 6.45) is 5.13.